The number of benzene rings is 9. The molecule has 0 bridgehead atoms. The Morgan fingerprint density at radius 1 is 0.308 bits per heavy atom. The molecule has 0 saturated carbocycles. The Morgan fingerprint density at radius 2 is 0.808 bits per heavy atom. The molecule has 244 valence electrons. The number of hydrogen-bond acceptors (Lipinski definition) is 2. The van der Waals surface area contributed by atoms with Gasteiger partial charge in [-0.15, -0.1) is 0 Å². The van der Waals surface area contributed by atoms with Gasteiger partial charge in [0.25, 0.3) is 0 Å². The molecule has 10 aromatic rings. The number of nitrogens with zero attached hydrogens (tertiary/aromatic N) is 1. The highest BCUT2D eigenvalue weighted by molar-refractivity contribution is 6.14. The Hall–Kier alpha value is -6.90. The first-order valence-corrected chi connectivity index (χ1v) is 17.8. The van der Waals surface area contributed by atoms with Gasteiger partial charge in [0, 0.05) is 27.4 Å². The molecule has 0 N–H and O–H groups in total. The molecule has 0 amide bonds. The van der Waals surface area contributed by atoms with E-state index in [0.717, 1.165) is 50.1 Å². The summed E-state index contributed by atoms with van der Waals surface area (Å²) in [6.45, 7) is 0. The van der Waals surface area contributed by atoms with Gasteiger partial charge in [0.2, 0.25) is 0 Å². The monoisotopic (exact) mass is 663 g/mol. The first-order valence-electron chi connectivity index (χ1n) is 17.8. The molecule has 0 spiro atoms. The van der Waals surface area contributed by atoms with E-state index in [1.165, 1.54) is 43.8 Å². The van der Waals surface area contributed by atoms with Crippen LogP contribution in [0.3, 0.4) is 0 Å². The largest absolute Gasteiger partial charge is 0.456 e. The molecule has 2 heteroatoms. The number of rotatable bonds is 6. The SMILES string of the molecule is c1ccc(N(c2ccc(-c3ccc(-c4cccc5ccccc45)cc3)cc2)c2cccc3ccccc23)c(-c2cccc3oc4ccccc4c23)c1. The molecular formula is C50H33NO. The second-order valence-electron chi connectivity index (χ2n) is 13.3. The zero-order valence-electron chi connectivity index (χ0n) is 28.4. The van der Waals surface area contributed by atoms with Crippen LogP contribution in [0.5, 0.6) is 0 Å². The van der Waals surface area contributed by atoms with Crippen molar-refractivity contribution in [3.63, 3.8) is 0 Å². The summed E-state index contributed by atoms with van der Waals surface area (Å²) in [5.74, 6) is 0. The molecule has 0 radical (unpaired) electrons. The van der Waals surface area contributed by atoms with E-state index in [-0.39, 0.29) is 0 Å². The zero-order valence-corrected chi connectivity index (χ0v) is 28.4. The first-order chi connectivity index (χ1) is 25.8. The predicted octanol–water partition coefficient (Wildman–Crippen LogP) is 14.4. The smallest absolute Gasteiger partial charge is 0.136 e. The molecule has 10 rings (SSSR count). The van der Waals surface area contributed by atoms with Crippen LogP contribution in [0, 0.1) is 0 Å². The molecule has 1 aromatic heterocycles. The molecule has 0 atom stereocenters. The first kappa shape index (κ1) is 30.0. The molecule has 0 aliphatic rings. The number of para-hydroxylation sites is 2. The maximum atomic E-state index is 6.33. The highest BCUT2D eigenvalue weighted by atomic mass is 16.3. The third-order valence-electron chi connectivity index (χ3n) is 10.3. The molecule has 0 saturated heterocycles. The van der Waals surface area contributed by atoms with Crippen molar-refractivity contribution in [3.05, 3.63) is 200 Å². The van der Waals surface area contributed by atoms with E-state index in [9.17, 15) is 0 Å². The molecule has 9 aromatic carbocycles. The van der Waals surface area contributed by atoms with E-state index < -0.39 is 0 Å². The van der Waals surface area contributed by atoms with Gasteiger partial charge >= 0.3 is 0 Å². The summed E-state index contributed by atoms with van der Waals surface area (Å²) in [6.07, 6.45) is 0. The lowest BCUT2D eigenvalue weighted by Gasteiger charge is -2.29. The van der Waals surface area contributed by atoms with Crippen LogP contribution in [0.4, 0.5) is 17.1 Å². The number of furan rings is 1. The van der Waals surface area contributed by atoms with Crippen molar-refractivity contribution in [1.82, 2.24) is 0 Å². The van der Waals surface area contributed by atoms with Gasteiger partial charge in [-0.25, -0.2) is 0 Å². The summed E-state index contributed by atoms with van der Waals surface area (Å²) in [7, 11) is 0. The third-order valence-corrected chi connectivity index (χ3v) is 10.3. The lowest BCUT2D eigenvalue weighted by molar-refractivity contribution is 0.669. The zero-order chi connectivity index (χ0) is 34.4. The van der Waals surface area contributed by atoms with Crippen LogP contribution in [0.2, 0.25) is 0 Å². The average Bonchev–Trinajstić information content (AvgIpc) is 3.61. The molecule has 0 aliphatic heterocycles. The van der Waals surface area contributed by atoms with E-state index >= 15 is 0 Å². The fourth-order valence-electron chi connectivity index (χ4n) is 7.83. The normalized spacial score (nSPS) is 11.5. The Morgan fingerprint density at radius 3 is 1.62 bits per heavy atom. The van der Waals surface area contributed by atoms with E-state index in [2.05, 4.69) is 193 Å². The Bertz CT molecular complexity index is 2890. The van der Waals surface area contributed by atoms with E-state index in [1.54, 1.807) is 0 Å². The van der Waals surface area contributed by atoms with Crippen molar-refractivity contribution < 1.29 is 4.42 Å². The van der Waals surface area contributed by atoms with Crippen LogP contribution in [0.25, 0.3) is 76.9 Å². The van der Waals surface area contributed by atoms with Crippen molar-refractivity contribution >= 4 is 60.5 Å². The van der Waals surface area contributed by atoms with Gasteiger partial charge in [-0.1, -0.05) is 164 Å². The lowest BCUT2D eigenvalue weighted by atomic mass is 9.95. The van der Waals surface area contributed by atoms with Gasteiger partial charge in [-0.05, 0) is 80.4 Å². The summed E-state index contributed by atoms with van der Waals surface area (Å²) in [6, 6.07) is 71.7. The molecule has 0 fully saturated rings. The molecule has 0 unspecified atom stereocenters. The lowest BCUT2D eigenvalue weighted by Crippen LogP contribution is -2.11. The Kier molecular flexibility index (Phi) is 7.18. The third kappa shape index (κ3) is 5.04. The Labute approximate surface area is 302 Å². The maximum Gasteiger partial charge on any atom is 0.136 e. The minimum absolute atomic E-state index is 0.890. The minimum atomic E-state index is 0.890. The van der Waals surface area contributed by atoms with E-state index in [4.69, 9.17) is 4.42 Å². The van der Waals surface area contributed by atoms with Crippen molar-refractivity contribution in [2.75, 3.05) is 4.90 Å². The Balaban J connectivity index is 1.10. The molecule has 2 nitrogen and oxygen atoms in total. The summed E-state index contributed by atoms with van der Waals surface area (Å²) in [5.41, 5.74) is 12.2. The van der Waals surface area contributed by atoms with Gasteiger partial charge in [-0.2, -0.15) is 0 Å². The van der Waals surface area contributed by atoms with Crippen LogP contribution in [-0.2, 0) is 0 Å². The molecule has 1 heterocycles. The van der Waals surface area contributed by atoms with E-state index in [1.807, 2.05) is 12.1 Å². The van der Waals surface area contributed by atoms with Crippen molar-refractivity contribution in [2.45, 2.75) is 0 Å². The second kappa shape index (κ2) is 12.5. The number of anilines is 3. The maximum absolute atomic E-state index is 6.33. The minimum Gasteiger partial charge on any atom is -0.456 e. The summed E-state index contributed by atoms with van der Waals surface area (Å²) < 4.78 is 6.33. The molecular weight excluding hydrogens is 631 g/mol. The fourth-order valence-corrected chi connectivity index (χ4v) is 7.83. The van der Waals surface area contributed by atoms with Crippen molar-refractivity contribution in [2.24, 2.45) is 0 Å². The topological polar surface area (TPSA) is 16.4 Å². The predicted molar refractivity (Wildman–Crippen MR) is 220 cm³/mol. The van der Waals surface area contributed by atoms with E-state index in [0.29, 0.717) is 0 Å². The molecule has 52 heavy (non-hydrogen) atoms. The highest BCUT2D eigenvalue weighted by Gasteiger charge is 2.21. The van der Waals surface area contributed by atoms with Crippen molar-refractivity contribution in [3.8, 4) is 33.4 Å². The standard InChI is InChI=1S/C50H33NO/c1-3-16-40-36(12-1)14-9-20-41(40)38-28-26-34(27-29-38)35-30-32-39(33-31-35)51(46-23-10-15-37-13-2-4-17-42(37)46)47-22-7-5-18-43(47)44-21-11-25-49-50(44)45-19-6-8-24-48(45)52-49/h1-33H. The van der Waals surface area contributed by atoms with Crippen LogP contribution >= 0.6 is 0 Å². The van der Waals surface area contributed by atoms with Crippen LogP contribution in [0.1, 0.15) is 0 Å². The number of hydrogen-bond donors (Lipinski definition) is 0. The molecule has 0 aliphatic carbocycles. The fraction of sp³-hybridized carbons (Fsp3) is 0. The van der Waals surface area contributed by atoms with Gasteiger partial charge in [-0.3, -0.25) is 0 Å². The second-order valence-corrected chi connectivity index (χ2v) is 13.3. The van der Waals surface area contributed by atoms with Crippen LogP contribution < -0.4 is 4.90 Å². The number of fused-ring (bicyclic) bond motifs is 5. The van der Waals surface area contributed by atoms with Gasteiger partial charge in [0.1, 0.15) is 11.2 Å². The van der Waals surface area contributed by atoms with Crippen molar-refractivity contribution in [1.29, 1.82) is 0 Å². The quantitative estimate of drug-likeness (QED) is 0.176. The van der Waals surface area contributed by atoms with Gasteiger partial charge < -0.3 is 9.32 Å². The van der Waals surface area contributed by atoms with Crippen LogP contribution in [-0.4, -0.2) is 0 Å². The average molecular weight is 664 g/mol. The summed E-state index contributed by atoms with van der Waals surface area (Å²) >= 11 is 0. The highest BCUT2D eigenvalue weighted by Crippen LogP contribution is 2.46. The van der Waals surface area contributed by atoms with Gasteiger partial charge in [0.05, 0.1) is 11.4 Å². The van der Waals surface area contributed by atoms with Gasteiger partial charge in [0.15, 0.2) is 0 Å². The summed E-state index contributed by atoms with van der Waals surface area (Å²) in [5, 5.41) is 7.18. The van der Waals surface area contributed by atoms with Crippen LogP contribution in [0.15, 0.2) is 205 Å². The summed E-state index contributed by atoms with van der Waals surface area (Å²) in [4.78, 5) is 2.41.